The second-order valence-corrected chi connectivity index (χ2v) is 10.7. The summed E-state index contributed by atoms with van der Waals surface area (Å²) in [5, 5.41) is 21.3. The Morgan fingerprint density at radius 1 is 1.10 bits per heavy atom. The maximum atomic E-state index is 13.7. The van der Waals surface area contributed by atoms with Crippen LogP contribution in [0.2, 0.25) is 5.02 Å². The zero-order chi connectivity index (χ0) is 29.3. The normalized spacial score (nSPS) is 11.6. The summed E-state index contributed by atoms with van der Waals surface area (Å²) in [4.78, 5) is 12.8. The second kappa shape index (κ2) is 11.9. The summed E-state index contributed by atoms with van der Waals surface area (Å²) in [7, 11) is 3.78. The van der Waals surface area contributed by atoms with Crippen molar-refractivity contribution in [1.29, 1.82) is 0 Å². The number of halogens is 2. The summed E-state index contributed by atoms with van der Waals surface area (Å²) in [5.41, 5.74) is 5.39. The van der Waals surface area contributed by atoms with Crippen LogP contribution < -0.4 is 10.1 Å². The molecule has 0 saturated heterocycles. The Hall–Kier alpha value is -3.88. The lowest BCUT2D eigenvalue weighted by Gasteiger charge is -2.14. The molecule has 214 valence electrons. The van der Waals surface area contributed by atoms with Gasteiger partial charge in [-0.2, -0.15) is 5.10 Å². The lowest BCUT2D eigenvalue weighted by molar-refractivity contribution is 0.0684. The fraction of sp³-hybridized carbons (Fsp3) is 0.312. The minimum atomic E-state index is -0.973. The quantitative estimate of drug-likeness (QED) is 0.167. The van der Waals surface area contributed by atoms with Crippen LogP contribution in [0, 0.1) is 19.7 Å². The minimum Gasteiger partial charge on any atom is -0.493 e. The number of carboxylic acid groups (broad SMARTS) is 1. The molecule has 0 radical (unpaired) electrons. The van der Waals surface area contributed by atoms with Crippen LogP contribution in [-0.2, 0) is 20.0 Å². The summed E-state index contributed by atoms with van der Waals surface area (Å²) in [6.07, 6.45) is 1.85. The average Bonchev–Trinajstić information content (AvgIpc) is 3.38. The van der Waals surface area contributed by atoms with Crippen LogP contribution in [-0.4, -0.2) is 45.6 Å². The largest absolute Gasteiger partial charge is 0.493 e. The molecule has 0 atom stereocenters. The molecule has 0 aliphatic heterocycles. The number of aromatic carboxylic acids is 1. The zero-order valence-electron chi connectivity index (χ0n) is 23.7. The fourth-order valence-electron chi connectivity index (χ4n) is 5.78. The Balaban J connectivity index is 1.55. The van der Waals surface area contributed by atoms with Crippen LogP contribution in [0.1, 0.15) is 40.3 Å². The average molecular weight is 577 g/mol. The van der Waals surface area contributed by atoms with Gasteiger partial charge in [-0.1, -0.05) is 29.8 Å². The Kier molecular flexibility index (Phi) is 8.33. The van der Waals surface area contributed by atoms with Crippen LogP contribution >= 0.6 is 11.6 Å². The van der Waals surface area contributed by atoms with Gasteiger partial charge in [-0.05, 0) is 88.0 Å². The maximum Gasteiger partial charge on any atom is 0.352 e. The van der Waals surface area contributed by atoms with E-state index in [0.717, 1.165) is 62.7 Å². The summed E-state index contributed by atoms with van der Waals surface area (Å²) in [6, 6.07) is 14.0. The molecule has 5 rings (SSSR count). The molecule has 5 aromatic rings. The number of aromatic nitrogens is 3. The number of carbonyl (C=O) groups is 1. The van der Waals surface area contributed by atoms with E-state index in [1.165, 1.54) is 12.1 Å². The first kappa shape index (κ1) is 28.6. The number of carboxylic acids is 1. The third-order valence-electron chi connectivity index (χ3n) is 7.68. The molecule has 0 fully saturated rings. The number of ether oxygens (including phenoxy) is 1. The highest BCUT2D eigenvalue weighted by Gasteiger charge is 2.27. The predicted molar refractivity (Wildman–Crippen MR) is 162 cm³/mol. The molecule has 2 N–H and O–H groups in total. The molecule has 3 aromatic carbocycles. The Morgan fingerprint density at radius 2 is 1.88 bits per heavy atom. The van der Waals surface area contributed by atoms with Gasteiger partial charge >= 0.3 is 5.97 Å². The van der Waals surface area contributed by atoms with E-state index in [4.69, 9.17) is 16.3 Å². The number of aryl methyl sites for hydroxylation is 4. The molecule has 0 saturated carbocycles. The van der Waals surface area contributed by atoms with Gasteiger partial charge in [0.15, 0.2) is 0 Å². The molecule has 9 heteroatoms. The number of hydrogen-bond donors (Lipinski definition) is 2. The van der Waals surface area contributed by atoms with Gasteiger partial charge in [-0.3, -0.25) is 4.68 Å². The van der Waals surface area contributed by atoms with E-state index in [2.05, 4.69) is 10.4 Å². The van der Waals surface area contributed by atoms with E-state index in [0.29, 0.717) is 36.8 Å². The monoisotopic (exact) mass is 576 g/mol. The van der Waals surface area contributed by atoms with Gasteiger partial charge in [0.05, 0.1) is 22.8 Å². The molecule has 2 heterocycles. The highest BCUT2D eigenvalue weighted by Crippen LogP contribution is 2.42. The van der Waals surface area contributed by atoms with Gasteiger partial charge in [0, 0.05) is 41.2 Å². The van der Waals surface area contributed by atoms with Crippen molar-refractivity contribution in [2.24, 2.45) is 7.05 Å². The number of hydrogen-bond acceptors (Lipinski definition) is 4. The number of benzene rings is 3. The van der Waals surface area contributed by atoms with Crippen molar-refractivity contribution in [3.05, 3.63) is 82.0 Å². The van der Waals surface area contributed by atoms with Crippen LogP contribution in [0.5, 0.6) is 5.75 Å². The summed E-state index contributed by atoms with van der Waals surface area (Å²) < 4.78 is 23.5. The standard InChI is InChI=1S/C32H34ClFN4O3/c1-19-28(20(2)37(4)36-19)29-26(33)14-13-25-24(31(32(39)40)38(30(25)29)16-7-15-35-3)9-6-17-41-27-10-5-8-21-18-22(34)11-12-23(21)27/h5,8,10-14,18,35H,6-7,9,15-17H2,1-4H3,(H,39,40). The van der Waals surface area contributed by atoms with E-state index < -0.39 is 5.97 Å². The lowest BCUT2D eigenvalue weighted by Crippen LogP contribution is -2.15. The number of nitrogens with one attached hydrogen (secondary N) is 1. The molecule has 0 amide bonds. The minimum absolute atomic E-state index is 0.277. The number of nitrogens with zero attached hydrogens (tertiary/aromatic N) is 3. The maximum absolute atomic E-state index is 13.7. The first-order chi connectivity index (χ1) is 19.7. The smallest absolute Gasteiger partial charge is 0.352 e. The van der Waals surface area contributed by atoms with E-state index in [1.807, 2.05) is 67.5 Å². The number of fused-ring (bicyclic) bond motifs is 2. The van der Waals surface area contributed by atoms with Gasteiger partial charge in [-0.15, -0.1) is 0 Å². The Labute approximate surface area is 243 Å². The Bertz CT molecular complexity index is 1760. The molecule has 0 unspecified atom stereocenters. The third kappa shape index (κ3) is 5.42. The summed E-state index contributed by atoms with van der Waals surface area (Å²) >= 11 is 6.86. The van der Waals surface area contributed by atoms with Crippen molar-refractivity contribution in [1.82, 2.24) is 19.7 Å². The first-order valence-corrected chi connectivity index (χ1v) is 14.1. The van der Waals surface area contributed by atoms with E-state index >= 15 is 0 Å². The van der Waals surface area contributed by atoms with Gasteiger partial charge < -0.3 is 19.7 Å². The molecule has 0 aliphatic carbocycles. The Morgan fingerprint density at radius 3 is 2.59 bits per heavy atom. The summed E-state index contributed by atoms with van der Waals surface area (Å²) in [5.74, 6) is -0.593. The van der Waals surface area contributed by atoms with Gasteiger partial charge in [-0.25, -0.2) is 9.18 Å². The molecule has 0 bridgehead atoms. The first-order valence-electron chi connectivity index (χ1n) is 13.8. The van der Waals surface area contributed by atoms with Crippen molar-refractivity contribution in [3.8, 4) is 16.9 Å². The van der Waals surface area contributed by atoms with Crippen molar-refractivity contribution < 1.29 is 19.0 Å². The molecule has 2 aromatic heterocycles. The molecular weight excluding hydrogens is 543 g/mol. The van der Waals surface area contributed by atoms with E-state index in [-0.39, 0.29) is 11.5 Å². The zero-order valence-corrected chi connectivity index (χ0v) is 24.5. The topological polar surface area (TPSA) is 81.3 Å². The van der Waals surface area contributed by atoms with Crippen LogP contribution in [0.25, 0.3) is 32.8 Å². The second-order valence-electron chi connectivity index (χ2n) is 10.3. The number of rotatable bonds is 11. The molecule has 0 spiro atoms. The van der Waals surface area contributed by atoms with Crippen LogP contribution in [0.4, 0.5) is 4.39 Å². The third-order valence-corrected chi connectivity index (χ3v) is 7.99. The molecule has 7 nitrogen and oxygen atoms in total. The van der Waals surface area contributed by atoms with E-state index in [9.17, 15) is 14.3 Å². The highest BCUT2D eigenvalue weighted by molar-refractivity contribution is 6.35. The van der Waals surface area contributed by atoms with Crippen LogP contribution in [0.15, 0.2) is 48.5 Å². The van der Waals surface area contributed by atoms with Crippen molar-refractivity contribution in [2.45, 2.75) is 39.7 Å². The molecule has 41 heavy (non-hydrogen) atoms. The van der Waals surface area contributed by atoms with E-state index in [1.54, 1.807) is 6.07 Å². The summed E-state index contributed by atoms with van der Waals surface area (Å²) in [6.45, 7) is 5.59. The van der Waals surface area contributed by atoms with Crippen molar-refractivity contribution >= 4 is 39.2 Å². The predicted octanol–water partition coefficient (Wildman–Crippen LogP) is 6.92. The van der Waals surface area contributed by atoms with Crippen molar-refractivity contribution in [2.75, 3.05) is 20.2 Å². The van der Waals surface area contributed by atoms with Crippen molar-refractivity contribution in [3.63, 3.8) is 0 Å². The van der Waals surface area contributed by atoms with Gasteiger partial charge in [0.25, 0.3) is 0 Å². The van der Waals surface area contributed by atoms with Gasteiger partial charge in [0.2, 0.25) is 0 Å². The van der Waals surface area contributed by atoms with Crippen LogP contribution in [0.3, 0.4) is 0 Å². The molecule has 0 aliphatic rings. The fourth-order valence-corrected chi connectivity index (χ4v) is 6.03. The SMILES string of the molecule is CNCCCn1c(C(=O)O)c(CCCOc2cccc3cc(F)ccc23)c2ccc(Cl)c(-c3c(C)nn(C)c3C)c21. The lowest BCUT2D eigenvalue weighted by atomic mass is 9.98. The highest BCUT2D eigenvalue weighted by atomic mass is 35.5. The molecular formula is C32H34ClFN4O3. The van der Waals surface area contributed by atoms with Gasteiger partial charge in [0.1, 0.15) is 17.3 Å².